The Hall–Kier alpha value is -1.33. The van der Waals surface area contributed by atoms with Gasteiger partial charge in [-0.05, 0) is 19.9 Å². The number of methoxy groups -OCH3 is 1. The lowest BCUT2D eigenvalue weighted by Crippen LogP contribution is -2.28. The molecular weight excluding hydrogens is 308 g/mol. The van der Waals surface area contributed by atoms with Gasteiger partial charge in [-0.25, -0.2) is 0 Å². The highest BCUT2D eigenvalue weighted by atomic mass is 79.9. The predicted octanol–water partition coefficient (Wildman–Crippen LogP) is 2.93. The highest BCUT2D eigenvalue weighted by Gasteiger charge is 2.34. The molecule has 0 aliphatic carbocycles. The van der Waals surface area contributed by atoms with E-state index in [1.807, 2.05) is 31.2 Å². The summed E-state index contributed by atoms with van der Waals surface area (Å²) in [6.45, 7) is 4.39. The van der Waals surface area contributed by atoms with Crippen molar-refractivity contribution in [3.63, 3.8) is 0 Å². The van der Waals surface area contributed by atoms with E-state index in [2.05, 4.69) is 21.0 Å². The highest BCUT2D eigenvalue weighted by molar-refractivity contribution is 9.10. The zero-order chi connectivity index (χ0) is 14.0. The van der Waals surface area contributed by atoms with Gasteiger partial charge in [-0.1, -0.05) is 34.1 Å². The second kappa shape index (κ2) is 5.35. The van der Waals surface area contributed by atoms with Crippen molar-refractivity contribution < 1.29 is 9.84 Å². The summed E-state index contributed by atoms with van der Waals surface area (Å²) < 4.78 is 7.92. The van der Waals surface area contributed by atoms with Gasteiger partial charge in [0, 0.05) is 16.6 Å². The molecule has 0 aliphatic heterocycles. The average molecular weight is 325 g/mol. The number of aromatic nitrogens is 2. The predicted molar refractivity (Wildman–Crippen MR) is 77.3 cm³/mol. The summed E-state index contributed by atoms with van der Waals surface area (Å²) in [6.07, 6.45) is 1.63. The van der Waals surface area contributed by atoms with Crippen LogP contribution in [0, 0.1) is 0 Å². The van der Waals surface area contributed by atoms with Crippen molar-refractivity contribution in [3.8, 4) is 5.75 Å². The van der Waals surface area contributed by atoms with Crippen LogP contribution in [0.4, 0.5) is 0 Å². The van der Waals surface area contributed by atoms with E-state index in [0.29, 0.717) is 18.0 Å². The number of rotatable bonds is 4. The lowest BCUT2D eigenvalue weighted by Gasteiger charge is -2.26. The molecule has 19 heavy (non-hydrogen) atoms. The number of aryl methyl sites for hydroxylation is 1. The second-order valence-electron chi connectivity index (χ2n) is 4.43. The maximum Gasteiger partial charge on any atom is 0.163 e. The molecule has 0 fully saturated rings. The van der Waals surface area contributed by atoms with Gasteiger partial charge in [0.15, 0.2) is 5.75 Å². The number of aliphatic hydroxyl groups is 1. The summed E-state index contributed by atoms with van der Waals surface area (Å²) in [4.78, 5) is 0. The molecule has 5 heteroatoms. The van der Waals surface area contributed by atoms with E-state index in [1.54, 1.807) is 24.9 Å². The van der Waals surface area contributed by atoms with Gasteiger partial charge in [0.2, 0.25) is 0 Å². The fourth-order valence-corrected chi connectivity index (χ4v) is 2.90. The number of hydrogen-bond acceptors (Lipinski definition) is 3. The van der Waals surface area contributed by atoms with Crippen LogP contribution in [0.5, 0.6) is 5.75 Å². The van der Waals surface area contributed by atoms with Gasteiger partial charge in [-0.15, -0.1) is 0 Å². The van der Waals surface area contributed by atoms with Gasteiger partial charge in [-0.2, -0.15) is 5.10 Å². The van der Waals surface area contributed by atoms with Crippen molar-refractivity contribution in [2.24, 2.45) is 0 Å². The van der Waals surface area contributed by atoms with E-state index in [0.717, 1.165) is 10.0 Å². The molecule has 0 radical (unpaired) electrons. The minimum Gasteiger partial charge on any atom is -0.493 e. The molecule has 0 bridgehead atoms. The van der Waals surface area contributed by atoms with Crippen molar-refractivity contribution in [1.82, 2.24) is 9.78 Å². The Morgan fingerprint density at radius 3 is 2.68 bits per heavy atom. The van der Waals surface area contributed by atoms with Gasteiger partial charge >= 0.3 is 0 Å². The smallest absolute Gasteiger partial charge is 0.163 e. The lowest BCUT2D eigenvalue weighted by molar-refractivity contribution is 0.0878. The molecule has 0 saturated heterocycles. The Morgan fingerprint density at radius 1 is 1.42 bits per heavy atom. The molecular formula is C14H17BrN2O2. The summed E-state index contributed by atoms with van der Waals surface area (Å²) in [5.74, 6) is 0.586. The summed E-state index contributed by atoms with van der Waals surface area (Å²) >= 11 is 3.48. The van der Waals surface area contributed by atoms with E-state index in [-0.39, 0.29) is 0 Å². The molecule has 1 unspecified atom stereocenters. The topological polar surface area (TPSA) is 47.3 Å². The molecule has 0 aliphatic rings. The molecule has 4 nitrogen and oxygen atoms in total. The third-order valence-corrected chi connectivity index (χ3v) is 3.88. The molecule has 1 atom stereocenters. The third-order valence-electron chi connectivity index (χ3n) is 3.18. The van der Waals surface area contributed by atoms with E-state index < -0.39 is 5.60 Å². The number of hydrogen-bond donors (Lipinski definition) is 1. The first kappa shape index (κ1) is 14.1. The van der Waals surface area contributed by atoms with Crippen molar-refractivity contribution in [2.75, 3.05) is 7.11 Å². The highest BCUT2D eigenvalue weighted by Crippen LogP contribution is 2.38. The Morgan fingerprint density at radius 2 is 2.11 bits per heavy atom. The fraction of sp³-hybridized carbons (Fsp3) is 0.357. The maximum absolute atomic E-state index is 11.0. The van der Waals surface area contributed by atoms with E-state index in [1.165, 1.54) is 0 Å². The molecule has 1 aromatic carbocycles. The van der Waals surface area contributed by atoms with Crippen LogP contribution in [-0.4, -0.2) is 22.0 Å². The van der Waals surface area contributed by atoms with Crippen LogP contribution < -0.4 is 4.74 Å². The molecule has 1 heterocycles. The molecule has 2 aromatic rings. The summed E-state index contributed by atoms with van der Waals surface area (Å²) in [5, 5.41) is 15.2. The van der Waals surface area contributed by atoms with Crippen LogP contribution in [0.1, 0.15) is 25.1 Å². The molecule has 0 spiro atoms. The lowest BCUT2D eigenvalue weighted by atomic mass is 9.92. The number of ether oxygens (including phenoxy) is 1. The van der Waals surface area contributed by atoms with Crippen LogP contribution in [0.25, 0.3) is 0 Å². The zero-order valence-electron chi connectivity index (χ0n) is 11.2. The largest absolute Gasteiger partial charge is 0.493 e. The zero-order valence-corrected chi connectivity index (χ0v) is 12.8. The molecule has 0 amide bonds. The Bertz CT molecular complexity index is 557. The molecule has 1 aromatic heterocycles. The monoisotopic (exact) mass is 324 g/mol. The summed E-state index contributed by atoms with van der Waals surface area (Å²) in [5.41, 5.74) is 0.255. The van der Waals surface area contributed by atoms with E-state index >= 15 is 0 Å². The Kier molecular flexibility index (Phi) is 3.96. The van der Waals surface area contributed by atoms with Gasteiger partial charge in [0.05, 0.1) is 13.3 Å². The molecule has 2 rings (SSSR count). The molecule has 1 N–H and O–H groups in total. The summed E-state index contributed by atoms with van der Waals surface area (Å²) in [7, 11) is 1.58. The van der Waals surface area contributed by atoms with Gasteiger partial charge < -0.3 is 9.84 Å². The van der Waals surface area contributed by atoms with Crippen LogP contribution in [0.2, 0.25) is 0 Å². The van der Waals surface area contributed by atoms with Gasteiger partial charge in [0.1, 0.15) is 11.3 Å². The first-order chi connectivity index (χ1) is 9.02. The van der Waals surface area contributed by atoms with E-state index in [4.69, 9.17) is 4.74 Å². The minimum absolute atomic E-state index is 0.586. The SMILES string of the molecule is CCn1ncc(OC)c1C(C)(O)c1ccccc1Br. The standard InChI is InChI=1S/C14H17BrN2O2/c1-4-17-13(12(19-3)9-16-17)14(2,18)10-7-5-6-8-11(10)15/h5-9,18H,4H2,1-3H3. The van der Waals surface area contributed by atoms with Crippen LogP contribution >= 0.6 is 15.9 Å². The Balaban J connectivity index is 2.62. The Labute approximate surface area is 121 Å². The van der Waals surface area contributed by atoms with Crippen LogP contribution in [0.15, 0.2) is 34.9 Å². The molecule has 0 saturated carbocycles. The van der Waals surface area contributed by atoms with Gasteiger partial charge in [0.25, 0.3) is 0 Å². The van der Waals surface area contributed by atoms with Gasteiger partial charge in [-0.3, -0.25) is 4.68 Å². The quantitative estimate of drug-likeness (QED) is 0.940. The van der Waals surface area contributed by atoms with Crippen LogP contribution in [0.3, 0.4) is 0 Å². The minimum atomic E-state index is -1.18. The third kappa shape index (κ3) is 2.40. The van der Waals surface area contributed by atoms with E-state index in [9.17, 15) is 5.11 Å². The number of benzene rings is 1. The van der Waals surface area contributed by atoms with Crippen LogP contribution in [-0.2, 0) is 12.1 Å². The normalized spacial score (nSPS) is 14.2. The maximum atomic E-state index is 11.0. The van der Waals surface area contributed by atoms with Crippen molar-refractivity contribution in [2.45, 2.75) is 26.0 Å². The van der Waals surface area contributed by atoms with Crippen molar-refractivity contribution >= 4 is 15.9 Å². The number of nitrogens with zero attached hydrogens (tertiary/aromatic N) is 2. The van der Waals surface area contributed by atoms with Crippen molar-refractivity contribution in [1.29, 1.82) is 0 Å². The first-order valence-corrected chi connectivity index (χ1v) is 6.89. The molecule has 102 valence electrons. The average Bonchev–Trinajstić information content (AvgIpc) is 2.82. The van der Waals surface area contributed by atoms with Crippen molar-refractivity contribution in [3.05, 3.63) is 46.2 Å². The number of halogens is 1. The first-order valence-electron chi connectivity index (χ1n) is 6.10. The fourth-order valence-electron chi connectivity index (χ4n) is 2.23. The second-order valence-corrected chi connectivity index (χ2v) is 5.28. The summed E-state index contributed by atoms with van der Waals surface area (Å²) in [6, 6.07) is 7.60.